The van der Waals surface area contributed by atoms with Gasteiger partial charge in [0, 0.05) is 0 Å². The zero-order valence-corrected chi connectivity index (χ0v) is 15.7. The molecule has 0 aliphatic rings. The van der Waals surface area contributed by atoms with Gasteiger partial charge in [-0.1, -0.05) is 11.6 Å². The van der Waals surface area contributed by atoms with Crippen LogP contribution in [0, 0.1) is 25.2 Å². The van der Waals surface area contributed by atoms with Gasteiger partial charge in [-0.25, -0.2) is 4.98 Å². The summed E-state index contributed by atoms with van der Waals surface area (Å²) < 4.78 is 10.5. The van der Waals surface area contributed by atoms with E-state index in [0.29, 0.717) is 27.9 Å². The maximum atomic E-state index is 9.60. The van der Waals surface area contributed by atoms with Crippen molar-refractivity contribution in [1.82, 2.24) is 9.97 Å². The second-order valence-electron chi connectivity index (χ2n) is 5.95. The van der Waals surface area contributed by atoms with Crippen molar-refractivity contribution in [3.8, 4) is 17.6 Å². The summed E-state index contributed by atoms with van der Waals surface area (Å²) in [5.41, 5.74) is 5.17. The quantitative estimate of drug-likeness (QED) is 0.665. The first-order chi connectivity index (χ1) is 12.5. The fourth-order valence-corrected chi connectivity index (χ4v) is 3.03. The Balaban J connectivity index is 2.09. The molecule has 132 valence electrons. The number of H-pyrrole nitrogens is 1. The van der Waals surface area contributed by atoms with E-state index in [-0.39, 0.29) is 0 Å². The van der Waals surface area contributed by atoms with Gasteiger partial charge in [0.15, 0.2) is 11.5 Å². The molecule has 2 aromatic carbocycles. The lowest BCUT2D eigenvalue weighted by atomic mass is 10.1. The third-order valence-corrected chi connectivity index (χ3v) is 4.52. The highest BCUT2D eigenvalue weighted by atomic mass is 35.5. The van der Waals surface area contributed by atoms with Crippen LogP contribution in [0.4, 0.5) is 0 Å². The minimum absolute atomic E-state index is 0.403. The SMILES string of the molecule is COc1cc(/C=C(/C#N)c2nc3cc(C)c(C)cc3[nH]2)cc(Cl)c1OC. The van der Waals surface area contributed by atoms with Crippen LogP contribution in [0.2, 0.25) is 5.02 Å². The van der Waals surface area contributed by atoms with Crippen LogP contribution >= 0.6 is 11.6 Å². The fourth-order valence-electron chi connectivity index (χ4n) is 2.74. The first kappa shape index (κ1) is 17.8. The zero-order valence-electron chi connectivity index (χ0n) is 15.0. The molecule has 3 rings (SSSR count). The standard InChI is InChI=1S/C20H18ClN3O2/c1-11-5-16-17(6-12(11)2)24-20(23-16)14(10-22)7-13-8-15(21)19(26-4)18(9-13)25-3/h5-9H,1-4H3,(H,23,24)/b14-7-. The van der Waals surface area contributed by atoms with Crippen molar-refractivity contribution in [2.75, 3.05) is 14.2 Å². The van der Waals surface area contributed by atoms with Crippen LogP contribution in [-0.2, 0) is 0 Å². The second kappa shape index (κ2) is 7.11. The Labute approximate surface area is 156 Å². The molecule has 6 heteroatoms. The van der Waals surface area contributed by atoms with E-state index in [0.717, 1.165) is 22.2 Å². The van der Waals surface area contributed by atoms with E-state index < -0.39 is 0 Å². The summed E-state index contributed by atoms with van der Waals surface area (Å²) in [6.07, 6.45) is 1.71. The predicted octanol–water partition coefficient (Wildman–Crippen LogP) is 4.91. The highest BCUT2D eigenvalue weighted by Crippen LogP contribution is 2.37. The molecule has 26 heavy (non-hydrogen) atoms. The Morgan fingerprint density at radius 3 is 2.54 bits per heavy atom. The van der Waals surface area contributed by atoms with E-state index in [1.165, 1.54) is 19.8 Å². The molecule has 0 fully saturated rings. The summed E-state index contributed by atoms with van der Waals surface area (Å²) in [5.74, 6) is 1.47. The zero-order chi connectivity index (χ0) is 18.8. The Morgan fingerprint density at radius 1 is 1.15 bits per heavy atom. The summed E-state index contributed by atoms with van der Waals surface area (Å²) in [5, 5.41) is 10.0. The number of ether oxygens (including phenoxy) is 2. The van der Waals surface area contributed by atoms with E-state index in [1.807, 2.05) is 26.0 Å². The van der Waals surface area contributed by atoms with Crippen molar-refractivity contribution in [3.05, 3.63) is 51.8 Å². The molecule has 1 aromatic heterocycles. The van der Waals surface area contributed by atoms with Crippen molar-refractivity contribution < 1.29 is 9.47 Å². The number of benzene rings is 2. The molecule has 0 amide bonds. The van der Waals surface area contributed by atoms with E-state index >= 15 is 0 Å². The Morgan fingerprint density at radius 2 is 1.88 bits per heavy atom. The molecule has 0 spiro atoms. The van der Waals surface area contributed by atoms with Gasteiger partial charge < -0.3 is 14.5 Å². The molecule has 0 atom stereocenters. The molecule has 0 radical (unpaired) electrons. The number of nitrogens with one attached hydrogen (secondary N) is 1. The maximum absolute atomic E-state index is 9.60. The van der Waals surface area contributed by atoms with Gasteiger partial charge in [-0.05, 0) is 60.9 Å². The first-order valence-corrected chi connectivity index (χ1v) is 8.35. The van der Waals surface area contributed by atoms with Gasteiger partial charge in [-0.15, -0.1) is 0 Å². The third kappa shape index (κ3) is 3.24. The van der Waals surface area contributed by atoms with Crippen molar-refractivity contribution in [1.29, 1.82) is 5.26 Å². The van der Waals surface area contributed by atoms with Crippen molar-refractivity contribution >= 4 is 34.3 Å². The summed E-state index contributed by atoms with van der Waals surface area (Å²) >= 11 is 6.24. The number of halogens is 1. The minimum Gasteiger partial charge on any atom is -0.493 e. The van der Waals surface area contributed by atoms with Gasteiger partial charge >= 0.3 is 0 Å². The lowest BCUT2D eigenvalue weighted by Gasteiger charge is -2.10. The highest BCUT2D eigenvalue weighted by molar-refractivity contribution is 6.32. The Bertz CT molecular complexity index is 1020. The number of hydrogen-bond donors (Lipinski definition) is 1. The van der Waals surface area contributed by atoms with Gasteiger partial charge in [-0.3, -0.25) is 0 Å². The lowest BCUT2D eigenvalue weighted by molar-refractivity contribution is 0.355. The number of fused-ring (bicyclic) bond motifs is 1. The number of allylic oxidation sites excluding steroid dienone is 1. The van der Waals surface area contributed by atoms with E-state index in [1.54, 1.807) is 18.2 Å². The van der Waals surface area contributed by atoms with Gasteiger partial charge in [0.25, 0.3) is 0 Å². The molecule has 5 nitrogen and oxygen atoms in total. The smallest absolute Gasteiger partial charge is 0.179 e. The summed E-state index contributed by atoms with van der Waals surface area (Å²) in [4.78, 5) is 7.76. The van der Waals surface area contributed by atoms with Crippen LogP contribution in [0.5, 0.6) is 11.5 Å². The van der Waals surface area contributed by atoms with Crippen LogP contribution < -0.4 is 9.47 Å². The van der Waals surface area contributed by atoms with Crippen LogP contribution in [0.25, 0.3) is 22.7 Å². The predicted molar refractivity (Wildman–Crippen MR) is 104 cm³/mol. The Kier molecular flexibility index (Phi) is 4.88. The number of imidazole rings is 1. The number of aromatic nitrogens is 2. The topological polar surface area (TPSA) is 70.9 Å². The van der Waals surface area contributed by atoms with Gasteiger partial charge in [0.1, 0.15) is 11.9 Å². The average Bonchev–Trinajstić information content (AvgIpc) is 3.01. The van der Waals surface area contributed by atoms with Crippen LogP contribution in [0.1, 0.15) is 22.5 Å². The molecule has 0 bridgehead atoms. The van der Waals surface area contributed by atoms with Crippen molar-refractivity contribution in [2.45, 2.75) is 13.8 Å². The number of hydrogen-bond acceptors (Lipinski definition) is 4. The lowest BCUT2D eigenvalue weighted by Crippen LogP contribution is -1.92. The third-order valence-electron chi connectivity index (χ3n) is 4.24. The fraction of sp³-hybridized carbons (Fsp3) is 0.200. The van der Waals surface area contributed by atoms with E-state index in [2.05, 4.69) is 16.0 Å². The summed E-state index contributed by atoms with van der Waals surface area (Å²) in [6, 6.07) is 9.72. The molecule has 0 aliphatic heterocycles. The number of nitrogens with zero attached hydrogens (tertiary/aromatic N) is 2. The minimum atomic E-state index is 0.403. The molecular weight excluding hydrogens is 350 g/mol. The second-order valence-corrected chi connectivity index (χ2v) is 6.35. The molecule has 0 saturated carbocycles. The van der Waals surface area contributed by atoms with Gasteiger partial charge in [-0.2, -0.15) is 5.26 Å². The van der Waals surface area contributed by atoms with Gasteiger partial charge in [0.2, 0.25) is 0 Å². The maximum Gasteiger partial charge on any atom is 0.179 e. The molecular formula is C20H18ClN3O2. The monoisotopic (exact) mass is 367 g/mol. The van der Waals surface area contributed by atoms with Crippen molar-refractivity contribution in [3.63, 3.8) is 0 Å². The van der Waals surface area contributed by atoms with Crippen LogP contribution in [-0.4, -0.2) is 24.2 Å². The normalized spacial score (nSPS) is 11.5. The number of methoxy groups -OCH3 is 2. The summed E-state index contributed by atoms with van der Waals surface area (Å²) in [6.45, 7) is 4.08. The van der Waals surface area contributed by atoms with E-state index in [4.69, 9.17) is 21.1 Å². The largest absolute Gasteiger partial charge is 0.493 e. The molecule has 0 aliphatic carbocycles. The molecule has 1 heterocycles. The molecule has 1 N–H and O–H groups in total. The van der Waals surface area contributed by atoms with Crippen LogP contribution in [0.3, 0.4) is 0 Å². The number of aryl methyl sites for hydroxylation is 2. The molecule has 3 aromatic rings. The molecule has 0 saturated heterocycles. The Hall–Kier alpha value is -2.97. The number of nitriles is 1. The number of aromatic amines is 1. The van der Waals surface area contributed by atoms with Crippen LogP contribution in [0.15, 0.2) is 24.3 Å². The van der Waals surface area contributed by atoms with Gasteiger partial charge in [0.05, 0.1) is 35.8 Å². The highest BCUT2D eigenvalue weighted by Gasteiger charge is 2.13. The van der Waals surface area contributed by atoms with Crippen molar-refractivity contribution in [2.24, 2.45) is 0 Å². The average molecular weight is 368 g/mol. The summed E-state index contributed by atoms with van der Waals surface area (Å²) in [7, 11) is 3.06. The molecule has 0 unspecified atom stereocenters. The number of rotatable bonds is 4. The first-order valence-electron chi connectivity index (χ1n) is 7.97. The van der Waals surface area contributed by atoms with E-state index in [9.17, 15) is 5.26 Å².